The van der Waals surface area contributed by atoms with Crippen molar-refractivity contribution in [3.05, 3.63) is 15.6 Å². The molecule has 4 nitrogen and oxygen atoms in total. The Labute approximate surface area is 126 Å². The Morgan fingerprint density at radius 2 is 2.10 bits per heavy atom. The predicted octanol–water partition coefficient (Wildman–Crippen LogP) is 1.49. The molecule has 1 atom stereocenters. The molecule has 2 heterocycles. The van der Waals surface area contributed by atoms with Gasteiger partial charge < -0.3 is 15.1 Å². The monoisotopic (exact) mass is 294 g/mol. The highest BCUT2D eigenvalue weighted by molar-refractivity contribution is 7.11. The average Bonchev–Trinajstić information content (AvgIpc) is 3.16. The Kier molecular flexibility index (Phi) is 4.40. The van der Waals surface area contributed by atoms with Crippen LogP contribution in [-0.2, 0) is 13.0 Å². The summed E-state index contributed by atoms with van der Waals surface area (Å²) in [5.74, 6) is 0. The van der Waals surface area contributed by atoms with E-state index in [0.717, 1.165) is 25.6 Å². The summed E-state index contributed by atoms with van der Waals surface area (Å²) in [4.78, 5) is 11.1. The van der Waals surface area contributed by atoms with Crippen molar-refractivity contribution in [2.75, 3.05) is 33.7 Å². The maximum Gasteiger partial charge on any atom is 0.0947 e. The van der Waals surface area contributed by atoms with Crippen molar-refractivity contribution >= 4 is 11.3 Å². The number of thiazole rings is 1. The molecule has 1 N–H and O–H groups in total. The molecule has 112 valence electrons. The quantitative estimate of drug-likeness (QED) is 0.891. The Morgan fingerprint density at radius 1 is 1.30 bits per heavy atom. The van der Waals surface area contributed by atoms with E-state index in [0.29, 0.717) is 6.04 Å². The van der Waals surface area contributed by atoms with E-state index >= 15 is 0 Å². The second kappa shape index (κ2) is 6.10. The lowest BCUT2D eigenvalue weighted by Gasteiger charge is -2.37. The normalized spacial score (nSPS) is 25.2. The van der Waals surface area contributed by atoms with Crippen LogP contribution in [0.3, 0.4) is 0 Å². The molecule has 0 amide bonds. The number of aryl methyl sites for hydroxylation is 1. The van der Waals surface area contributed by atoms with Gasteiger partial charge in [-0.15, -0.1) is 11.3 Å². The van der Waals surface area contributed by atoms with Gasteiger partial charge in [-0.25, -0.2) is 4.98 Å². The summed E-state index contributed by atoms with van der Waals surface area (Å²) in [5.41, 5.74) is 1.23. The van der Waals surface area contributed by atoms with E-state index in [4.69, 9.17) is 4.98 Å². The van der Waals surface area contributed by atoms with Crippen LogP contribution in [0.2, 0.25) is 0 Å². The maximum absolute atomic E-state index is 4.80. The highest BCUT2D eigenvalue weighted by Gasteiger charge is 2.24. The van der Waals surface area contributed by atoms with Crippen molar-refractivity contribution in [2.45, 2.75) is 44.8 Å². The van der Waals surface area contributed by atoms with Gasteiger partial charge in [-0.3, -0.25) is 0 Å². The van der Waals surface area contributed by atoms with Gasteiger partial charge >= 0.3 is 0 Å². The molecule has 5 heteroatoms. The SMILES string of the molecule is Cc1nc(CC2CN(C)CCN2C)sc1CNC1CC1. The molecule has 1 saturated carbocycles. The van der Waals surface area contributed by atoms with Gasteiger partial charge in [0.1, 0.15) is 0 Å². The van der Waals surface area contributed by atoms with Crippen molar-refractivity contribution in [1.29, 1.82) is 0 Å². The number of hydrogen-bond donors (Lipinski definition) is 1. The van der Waals surface area contributed by atoms with Crippen LogP contribution in [0.4, 0.5) is 0 Å². The summed E-state index contributed by atoms with van der Waals surface area (Å²) in [6.07, 6.45) is 3.80. The number of aromatic nitrogens is 1. The molecule has 20 heavy (non-hydrogen) atoms. The van der Waals surface area contributed by atoms with Crippen LogP contribution in [0, 0.1) is 6.92 Å². The molecule has 1 aromatic rings. The van der Waals surface area contributed by atoms with Crippen LogP contribution >= 0.6 is 11.3 Å². The first kappa shape index (κ1) is 14.4. The van der Waals surface area contributed by atoms with Gasteiger partial charge in [-0.05, 0) is 33.9 Å². The topological polar surface area (TPSA) is 31.4 Å². The second-order valence-electron chi connectivity index (χ2n) is 6.37. The number of hydrogen-bond acceptors (Lipinski definition) is 5. The van der Waals surface area contributed by atoms with Gasteiger partial charge in [0.2, 0.25) is 0 Å². The molecular formula is C15H26N4S. The second-order valence-corrected chi connectivity index (χ2v) is 7.54. The molecule has 1 saturated heterocycles. The van der Waals surface area contributed by atoms with Gasteiger partial charge in [-0.2, -0.15) is 0 Å². The lowest BCUT2D eigenvalue weighted by molar-refractivity contribution is 0.114. The highest BCUT2D eigenvalue weighted by Crippen LogP contribution is 2.24. The van der Waals surface area contributed by atoms with Gasteiger partial charge in [0, 0.05) is 49.6 Å². The third kappa shape index (κ3) is 3.58. The van der Waals surface area contributed by atoms with E-state index in [9.17, 15) is 0 Å². The molecule has 3 rings (SSSR count). The Hall–Kier alpha value is -0.490. The zero-order chi connectivity index (χ0) is 14.1. The zero-order valence-corrected chi connectivity index (χ0v) is 13.7. The van der Waals surface area contributed by atoms with Crippen LogP contribution in [0.5, 0.6) is 0 Å². The smallest absolute Gasteiger partial charge is 0.0947 e. The summed E-state index contributed by atoms with van der Waals surface area (Å²) in [7, 11) is 4.46. The van der Waals surface area contributed by atoms with E-state index in [1.165, 1.54) is 41.5 Å². The third-order valence-electron chi connectivity index (χ3n) is 4.46. The Morgan fingerprint density at radius 3 is 2.85 bits per heavy atom. The molecule has 0 bridgehead atoms. The van der Waals surface area contributed by atoms with Crippen molar-refractivity contribution in [2.24, 2.45) is 0 Å². The Balaban J connectivity index is 1.59. The summed E-state index contributed by atoms with van der Waals surface area (Å²) < 4.78 is 0. The van der Waals surface area contributed by atoms with Gasteiger partial charge in [0.15, 0.2) is 0 Å². The lowest BCUT2D eigenvalue weighted by atomic mass is 10.1. The number of likely N-dealkylation sites (N-methyl/N-ethyl adjacent to an activating group) is 2. The third-order valence-corrected chi connectivity index (χ3v) is 5.64. The maximum atomic E-state index is 4.80. The standard InChI is InChI=1S/C15H26N4S/c1-11-14(9-16-12-4-5-12)20-15(17-11)8-13-10-18(2)6-7-19(13)3/h12-13,16H,4-10H2,1-3H3. The largest absolute Gasteiger partial charge is 0.309 e. The highest BCUT2D eigenvalue weighted by atomic mass is 32.1. The fourth-order valence-corrected chi connectivity index (χ4v) is 3.88. The number of rotatable bonds is 5. The fraction of sp³-hybridized carbons (Fsp3) is 0.800. The van der Waals surface area contributed by atoms with Gasteiger partial charge in [0.25, 0.3) is 0 Å². The van der Waals surface area contributed by atoms with Crippen LogP contribution < -0.4 is 5.32 Å². The average molecular weight is 294 g/mol. The molecule has 2 fully saturated rings. The van der Waals surface area contributed by atoms with Crippen LogP contribution in [0.1, 0.15) is 28.4 Å². The van der Waals surface area contributed by atoms with E-state index < -0.39 is 0 Å². The summed E-state index contributed by atoms with van der Waals surface area (Å²) in [6, 6.07) is 1.39. The molecule has 2 aliphatic rings. The number of piperazine rings is 1. The fourth-order valence-electron chi connectivity index (χ4n) is 2.79. The minimum absolute atomic E-state index is 0.614. The van der Waals surface area contributed by atoms with Gasteiger partial charge in [-0.1, -0.05) is 0 Å². The molecule has 1 unspecified atom stereocenters. The van der Waals surface area contributed by atoms with Gasteiger partial charge in [0.05, 0.1) is 10.7 Å². The van der Waals surface area contributed by atoms with E-state index in [1.54, 1.807) is 0 Å². The molecular weight excluding hydrogens is 268 g/mol. The molecule has 0 spiro atoms. The summed E-state index contributed by atoms with van der Waals surface area (Å²) >= 11 is 1.91. The predicted molar refractivity (Wildman–Crippen MR) is 84.3 cm³/mol. The summed E-state index contributed by atoms with van der Waals surface area (Å²) in [6.45, 7) is 6.67. The van der Waals surface area contributed by atoms with E-state index in [-0.39, 0.29) is 0 Å². The zero-order valence-electron chi connectivity index (χ0n) is 12.9. The summed E-state index contributed by atoms with van der Waals surface area (Å²) in [5, 5.41) is 4.91. The van der Waals surface area contributed by atoms with Crippen molar-refractivity contribution in [3.8, 4) is 0 Å². The first-order valence-electron chi connectivity index (χ1n) is 7.69. The molecule has 1 aliphatic carbocycles. The first-order chi connectivity index (χ1) is 9.61. The van der Waals surface area contributed by atoms with E-state index in [2.05, 4.69) is 36.1 Å². The minimum Gasteiger partial charge on any atom is -0.309 e. The molecule has 1 aliphatic heterocycles. The number of nitrogens with zero attached hydrogens (tertiary/aromatic N) is 3. The van der Waals surface area contributed by atoms with Crippen LogP contribution in [-0.4, -0.2) is 60.6 Å². The van der Waals surface area contributed by atoms with Crippen molar-refractivity contribution < 1.29 is 0 Å². The van der Waals surface area contributed by atoms with Crippen LogP contribution in [0.25, 0.3) is 0 Å². The first-order valence-corrected chi connectivity index (χ1v) is 8.51. The molecule has 0 radical (unpaired) electrons. The van der Waals surface area contributed by atoms with Crippen LogP contribution in [0.15, 0.2) is 0 Å². The lowest BCUT2D eigenvalue weighted by Crippen LogP contribution is -2.50. The van der Waals surface area contributed by atoms with Crippen molar-refractivity contribution in [1.82, 2.24) is 20.1 Å². The molecule has 0 aromatic carbocycles. The minimum atomic E-state index is 0.614. The van der Waals surface area contributed by atoms with E-state index in [1.807, 2.05) is 11.3 Å². The van der Waals surface area contributed by atoms with Crippen molar-refractivity contribution in [3.63, 3.8) is 0 Å². The molecule has 1 aromatic heterocycles. The number of nitrogens with one attached hydrogen (secondary N) is 1. The Bertz CT molecular complexity index is 455.